The van der Waals surface area contributed by atoms with Crippen molar-refractivity contribution in [1.82, 2.24) is 10.6 Å². The van der Waals surface area contributed by atoms with Crippen LogP contribution >= 0.6 is 22.9 Å². The van der Waals surface area contributed by atoms with Crippen LogP contribution in [0, 0.1) is 6.92 Å². The second-order valence-electron chi connectivity index (χ2n) is 5.97. The van der Waals surface area contributed by atoms with Gasteiger partial charge in [-0.05, 0) is 48.6 Å². The quantitative estimate of drug-likeness (QED) is 0.571. The van der Waals surface area contributed by atoms with Crippen LogP contribution in [0.3, 0.4) is 0 Å². The highest BCUT2D eigenvalue weighted by atomic mass is 35.5. The average Bonchev–Trinajstić information content (AvgIpc) is 3.35. The van der Waals surface area contributed by atoms with E-state index in [1.54, 1.807) is 18.2 Å². The van der Waals surface area contributed by atoms with Crippen molar-refractivity contribution >= 4 is 34.8 Å². The third-order valence-electron chi connectivity index (χ3n) is 3.96. The number of hydrogen-bond acceptors (Lipinski definition) is 4. The van der Waals surface area contributed by atoms with Gasteiger partial charge in [0.25, 0.3) is 11.8 Å². The van der Waals surface area contributed by atoms with Crippen molar-refractivity contribution in [2.45, 2.75) is 13.3 Å². The Morgan fingerprint density at radius 1 is 1.07 bits per heavy atom. The topological polar surface area (TPSA) is 71.3 Å². The van der Waals surface area contributed by atoms with Gasteiger partial charge < -0.3 is 15.1 Å². The van der Waals surface area contributed by atoms with Crippen molar-refractivity contribution in [2.75, 3.05) is 13.1 Å². The molecule has 0 bridgehead atoms. The number of aryl methyl sites for hydroxylation is 1. The van der Waals surface area contributed by atoms with Crippen LogP contribution in [0.15, 0.2) is 52.3 Å². The highest BCUT2D eigenvalue weighted by molar-refractivity contribution is 7.12. The summed E-state index contributed by atoms with van der Waals surface area (Å²) in [4.78, 5) is 24.7. The zero-order chi connectivity index (χ0) is 19.2. The Morgan fingerprint density at radius 3 is 2.56 bits per heavy atom. The van der Waals surface area contributed by atoms with Gasteiger partial charge >= 0.3 is 0 Å². The minimum Gasteiger partial charge on any atom is -0.451 e. The Hall–Kier alpha value is -2.57. The van der Waals surface area contributed by atoms with E-state index in [9.17, 15) is 9.59 Å². The van der Waals surface area contributed by atoms with Gasteiger partial charge in [-0.1, -0.05) is 29.8 Å². The first kappa shape index (κ1) is 19.2. The average molecular weight is 403 g/mol. The molecule has 2 amide bonds. The van der Waals surface area contributed by atoms with Gasteiger partial charge in [0.2, 0.25) is 0 Å². The zero-order valence-electron chi connectivity index (χ0n) is 14.8. The molecule has 0 radical (unpaired) electrons. The number of halogens is 1. The van der Waals surface area contributed by atoms with Crippen molar-refractivity contribution in [3.63, 3.8) is 0 Å². The fourth-order valence-electron chi connectivity index (χ4n) is 2.44. The van der Waals surface area contributed by atoms with Crippen molar-refractivity contribution in [1.29, 1.82) is 0 Å². The third-order valence-corrected chi connectivity index (χ3v) is 5.23. The molecule has 0 saturated heterocycles. The standard InChI is InChI=1S/C20H19ClN2O3S/c1-13-5-6-14(12-15(13)21)16-7-8-17(26-16)19(24)22-9-3-10-23-20(25)18-4-2-11-27-18/h2,4-8,11-12H,3,9-10H2,1H3,(H,22,24)(H,23,25). The molecule has 0 unspecified atom stereocenters. The Balaban J connectivity index is 1.45. The van der Waals surface area contributed by atoms with E-state index in [0.29, 0.717) is 35.2 Å². The van der Waals surface area contributed by atoms with Crippen LogP contribution < -0.4 is 10.6 Å². The van der Waals surface area contributed by atoms with E-state index in [1.807, 2.05) is 36.6 Å². The van der Waals surface area contributed by atoms with Crippen LogP contribution in [-0.2, 0) is 0 Å². The van der Waals surface area contributed by atoms with E-state index in [-0.39, 0.29) is 17.6 Å². The van der Waals surface area contributed by atoms with E-state index in [2.05, 4.69) is 10.6 Å². The Bertz CT molecular complexity index is 935. The highest BCUT2D eigenvalue weighted by Crippen LogP contribution is 2.26. The van der Waals surface area contributed by atoms with Gasteiger partial charge in [0.15, 0.2) is 5.76 Å². The smallest absolute Gasteiger partial charge is 0.287 e. The predicted octanol–water partition coefficient (Wildman–Crippen LogP) is 4.52. The highest BCUT2D eigenvalue weighted by Gasteiger charge is 2.12. The molecule has 0 aliphatic rings. The molecule has 7 heteroatoms. The SMILES string of the molecule is Cc1ccc(-c2ccc(C(=O)NCCCNC(=O)c3cccs3)o2)cc1Cl. The van der Waals surface area contributed by atoms with E-state index in [0.717, 1.165) is 11.1 Å². The van der Waals surface area contributed by atoms with E-state index >= 15 is 0 Å². The molecule has 0 spiro atoms. The lowest BCUT2D eigenvalue weighted by molar-refractivity contribution is 0.0926. The normalized spacial score (nSPS) is 10.6. The molecule has 27 heavy (non-hydrogen) atoms. The summed E-state index contributed by atoms with van der Waals surface area (Å²) in [5.74, 6) is 0.447. The fraction of sp³-hybridized carbons (Fsp3) is 0.200. The second kappa shape index (κ2) is 8.88. The maximum absolute atomic E-state index is 12.2. The number of nitrogens with one attached hydrogen (secondary N) is 2. The van der Waals surface area contributed by atoms with Gasteiger partial charge in [0.1, 0.15) is 5.76 Å². The van der Waals surface area contributed by atoms with Gasteiger partial charge in [-0.15, -0.1) is 11.3 Å². The van der Waals surface area contributed by atoms with Crippen LogP contribution in [0.1, 0.15) is 32.2 Å². The lowest BCUT2D eigenvalue weighted by Crippen LogP contribution is -2.29. The summed E-state index contributed by atoms with van der Waals surface area (Å²) in [6, 6.07) is 12.6. The number of amides is 2. The maximum Gasteiger partial charge on any atom is 0.287 e. The molecule has 0 aliphatic heterocycles. The summed E-state index contributed by atoms with van der Waals surface area (Å²) in [7, 11) is 0. The first-order valence-electron chi connectivity index (χ1n) is 8.51. The Kier molecular flexibility index (Phi) is 6.32. The fourth-order valence-corrected chi connectivity index (χ4v) is 3.26. The Morgan fingerprint density at radius 2 is 1.85 bits per heavy atom. The largest absolute Gasteiger partial charge is 0.451 e. The predicted molar refractivity (Wildman–Crippen MR) is 107 cm³/mol. The van der Waals surface area contributed by atoms with Gasteiger partial charge in [-0.3, -0.25) is 9.59 Å². The van der Waals surface area contributed by atoms with Gasteiger partial charge in [-0.25, -0.2) is 0 Å². The van der Waals surface area contributed by atoms with E-state index in [1.165, 1.54) is 11.3 Å². The number of carbonyl (C=O) groups excluding carboxylic acids is 2. The summed E-state index contributed by atoms with van der Waals surface area (Å²) in [5, 5.41) is 8.11. The second-order valence-corrected chi connectivity index (χ2v) is 7.33. The van der Waals surface area contributed by atoms with Gasteiger partial charge in [0.05, 0.1) is 4.88 Å². The van der Waals surface area contributed by atoms with Crippen molar-refractivity contribution < 1.29 is 14.0 Å². The van der Waals surface area contributed by atoms with Crippen molar-refractivity contribution in [2.24, 2.45) is 0 Å². The summed E-state index contributed by atoms with van der Waals surface area (Å²) < 4.78 is 5.63. The Labute approximate surface area is 166 Å². The van der Waals surface area contributed by atoms with Crippen LogP contribution in [0.25, 0.3) is 11.3 Å². The number of hydrogen-bond donors (Lipinski definition) is 2. The summed E-state index contributed by atoms with van der Waals surface area (Å²) in [6.07, 6.45) is 0.629. The molecule has 5 nitrogen and oxygen atoms in total. The summed E-state index contributed by atoms with van der Waals surface area (Å²) in [6.45, 7) is 2.86. The molecule has 2 heterocycles. The lowest BCUT2D eigenvalue weighted by Gasteiger charge is -2.05. The molecule has 2 aromatic heterocycles. The minimum atomic E-state index is -0.288. The monoisotopic (exact) mass is 402 g/mol. The van der Waals surface area contributed by atoms with E-state index in [4.69, 9.17) is 16.0 Å². The lowest BCUT2D eigenvalue weighted by atomic mass is 10.1. The molecule has 0 atom stereocenters. The first-order valence-corrected chi connectivity index (χ1v) is 9.76. The first-order chi connectivity index (χ1) is 13.0. The van der Waals surface area contributed by atoms with Crippen LogP contribution in [0.5, 0.6) is 0 Å². The van der Waals surface area contributed by atoms with Crippen molar-refractivity contribution in [3.05, 3.63) is 69.1 Å². The maximum atomic E-state index is 12.2. The molecule has 1 aromatic carbocycles. The number of furan rings is 1. The molecule has 2 N–H and O–H groups in total. The molecule has 3 rings (SSSR count). The molecular weight excluding hydrogens is 384 g/mol. The van der Waals surface area contributed by atoms with Gasteiger partial charge in [0, 0.05) is 23.7 Å². The van der Waals surface area contributed by atoms with Crippen LogP contribution in [0.4, 0.5) is 0 Å². The molecule has 0 fully saturated rings. The number of thiophene rings is 1. The minimum absolute atomic E-state index is 0.0937. The number of benzene rings is 1. The number of rotatable bonds is 7. The number of carbonyl (C=O) groups is 2. The van der Waals surface area contributed by atoms with E-state index < -0.39 is 0 Å². The summed E-state index contributed by atoms with van der Waals surface area (Å²) in [5.41, 5.74) is 1.80. The van der Waals surface area contributed by atoms with Crippen molar-refractivity contribution in [3.8, 4) is 11.3 Å². The zero-order valence-corrected chi connectivity index (χ0v) is 16.3. The molecule has 0 aliphatic carbocycles. The van der Waals surface area contributed by atoms with Crippen LogP contribution in [0.2, 0.25) is 5.02 Å². The van der Waals surface area contributed by atoms with Gasteiger partial charge in [-0.2, -0.15) is 0 Å². The third kappa shape index (κ3) is 4.99. The molecule has 3 aromatic rings. The van der Waals surface area contributed by atoms with Crippen LogP contribution in [-0.4, -0.2) is 24.9 Å². The molecule has 0 saturated carbocycles. The molecule has 140 valence electrons. The summed E-state index contributed by atoms with van der Waals surface area (Å²) >= 11 is 7.53. The molecular formula is C20H19ClN2O3S.